The first-order chi connectivity index (χ1) is 11.3. The Balaban J connectivity index is 0.00000113. The molecule has 1 unspecified atom stereocenters. The number of hydrogen-bond acceptors (Lipinski definition) is 4. The van der Waals surface area contributed by atoms with Crippen LogP contribution in [0.1, 0.15) is 12.0 Å². The van der Waals surface area contributed by atoms with E-state index in [1.165, 1.54) is 16.3 Å². The normalized spacial score (nSPS) is 18.0. The lowest BCUT2D eigenvalue weighted by molar-refractivity contribution is -0.0334. The summed E-state index contributed by atoms with van der Waals surface area (Å²) in [6, 6.07) is 14.7. The quantitative estimate of drug-likeness (QED) is 0.741. The van der Waals surface area contributed by atoms with E-state index in [4.69, 9.17) is 14.9 Å². The molecule has 6 heteroatoms. The molecule has 136 valence electrons. The molecular formula is C19H24Cl2N2O2. The molecule has 2 heterocycles. The van der Waals surface area contributed by atoms with E-state index in [-0.39, 0.29) is 30.9 Å². The van der Waals surface area contributed by atoms with Gasteiger partial charge in [0.2, 0.25) is 0 Å². The molecule has 0 spiro atoms. The lowest BCUT2D eigenvalue weighted by Crippen LogP contribution is -2.42. The zero-order chi connectivity index (χ0) is 15.6. The highest BCUT2D eigenvalue weighted by molar-refractivity contribution is 6.05. The van der Waals surface area contributed by atoms with Crippen LogP contribution in [0.4, 0.5) is 0 Å². The summed E-state index contributed by atoms with van der Waals surface area (Å²) in [6.45, 7) is 4.24. The first-order valence-corrected chi connectivity index (χ1v) is 8.28. The summed E-state index contributed by atoms with van der Waals surface area (Å²) in [5, 5.41) is 2.39. The van der Waals surface area contributed by atoms with Crippen molar-refractivity contribution in [1.82, 2.24) is 4.90 Å². The Kier molecular flexibility index (Phi) is 7.11. The molecule has 0 aliphatic carbocycles. The lowest BCUT2D eigenvalue weighted by atomic mass is 10.1. The van der Waals surface area contributed by atoms with Gasteiger partial charge in [0, 0.05) is 36.0 Å². The fraction of sp³-hybridized carbons (Fsp3) is 0.368. The monoisotopic (exact) mass is 382 g/mol. The molecule has 2 N–H and O–H groups in total. The van der Waals surface area contributed by atoms with Crippen molar-refractivity contribution >= 4 is 46.8 Å². The van der Waals surface area contributed by atoms with Crippen molar-refractivity contribution in [2.45, 2.75) is 19.1 Å². The van der Waals surface area contributed by atoms with Crippen molar-refractivity contribution in [3.8, 4) is 0 Å². The number of nitrogens with two attached hydrogens (primary N) is 1. The molecule has 0 bridgehead atoms. The lowest BCUT2D eigenvalue weighted by Gasteiger charge is -2.32. The van der Waals surface area contributed by atoms with Crippen LogP contribution >= 0.6 is 24.8 Å². The number of nitrogens with zero attached hydrogens (tertiary/aromatic N) is 1. The minimum absolute atomic E-state index is 0. The first kappa shape index (κ1) is 20.0. The molecule has 0 amide bonds. The second kappa shape index (κ2) is 8.88. The first-order valence-electron chi connectivity index (χ1n) is 8.28. The molecule has 1 atom stereocenters. The highest BCUT2D eigenvalue weighted by atomic mass is 35.5. The summed E-state index contributed by atoms with van der Waals surface area (Å²) in [5.41, 5.74) is 8.87. The highest BCUT2D eigenvalue weighted by Crippen LogP contribution is 2.31. The van der Waals surface area contributed by atoms with Crippen LogP contribution in [0.25, 0.3) is 21.9 Å². The predicted octanol–water partition coefficient (Wildman–Crippen LogP) is 3.98. The Morgan fingerprint density at radius 3 is 2.68 bits per heavy atom. The van der Waals surface area contributed by atoms with E-state index in [0.29, 0.717) is 6.54 Å². The standard InChI is InChI=1S/C19H22N2O2.2ClH/c20-9-8-15-13-21(10-11-22-15)12-14-4-3-6-17-16-5-1-2-7-18(16)23-19(14)17;;/h1-7,15H,8-13,20H2;2*1H. The van der Waals surface area contributed by atoms with Crippen molar-refractivity contribution in [2.75, 3.05) is 26.2 Å². The van der Waals surface area contributed by atoms with Gasteiger partial charge in [-0.25, -0.2) is 0 Å². The second-order valence-corrected chi connectivity index (χ2v) is 6.20. The number of ether oxygens (including phenoxy) is 1. The Hall–Kier alpha value is -1.30. The van der Waals surface area contributed by atoms with Crippen LogP contribution in [0, 0.1) is 0 Å². The van der Waals surface area contributed by atoms with Crippen LogP contribution in [0.5, 0.6) is 0 Å². The highest BCUT2D eigenvalue weighted by Gasteiger charge is 2.21. The number of benzene rings is 2. The van der Waals surface area contributed by atoms with Crippen LogP contribution < -0.4 is 5.73 Å². The third-order valence-corrected chi connectivity index (χ3v) is 4.59. The van der Waals surface area contributed by atoms with E-state index < -0.39 is 0 Å². The minimum Gasteiger partial charge on any atom is -0.456 e. The predicted molar refractivity (Wildman–Crippen MR) is 107 cm³/mol. The number of rotatable bonds is 4. The van der Waals surface area contributed by atoms with Gasteiger partial charge >= 0.3 is 0 Å². The maximum atomic E-state index is 6.12. The molecular weight excluding hydrogens is 359 g/mol. The van der Waals surface area contributed by atoms with Gasteiger partial charge in [-0.05, 0) is 19.0 Å². The molecule has 4 nitrogen and oxygen atoms in total. The second-order valence-electron chi connectivity index (χ2n) is 6.20. The van der Waals surface area contributed by atoms with E-state index in [9.17, 15) is 0 Å². The fourth-order valence-corrected chi connectivity index (χ4v) is 3.46. The number of morpholine rings is 1. The summed E-state index contributed by atoms with van der Waals surface area (Å²) in [6.07, 6.45) is 1.18. The molecule has 25 heavy (non-hydrogen) atoms. The van der Waals surface area contributed by atoms with Gasteiger partial charge in [-0.2, -0.15) is 0 Å². The number of furan rings is 1. The third kappa shape index (κ3) is 4.10. The zero-order valence-corrected chi connectivity index (χ0v) is 15.7. The maximum Gasteiger partial charge on any atom is 0.139 e. The molecule has 0 saturated carbocycles. The van der Waals surface area contributed by atoms with Crippen LogP contribution in [-0.4, -0.2) is 37.2 Å². The topological polar surface area (TPSA) is 51.6 Å². The number of para-hydroxylation sites is 2. The van der Waals surface area contributed by atoms with Crippen LogP contribution in [-0.2, 0) is 11.3 Å². The smallest absolute Gasteiger partial charge is 0.139 e. The van der Waals surface area contributed by atoms with Gasteiger partial charge in [-0.1, -0.05) is 36.4 Å². The van der Waals surface area contributed by atoms with Crippen molar-refractivity contribution in [3.63, 3.8) is 0 Å². The molecule has 1 aliphatic heterocycles. The summed E-state index contributed by atoms with van der Waals surface area (Å²) >= 11 is 0. The third-order valence-electron chi connectivity index (χ3n) is 4.59. The van der Waals surface area contributed by atoms with E-state index in [2.05, 4.69) is 35.2 Å². The van der Waals surface area contributed by atoms with E-state index in [1.807, 2.05) is 12.1 Å². The average Bonchev–Trinajstić information content (AvgIpc) is 2.96. The van der Waals surface area contributed by atoms with Gasteiger partial charge in [-0.3, -0.25) is 4.90 Å². The van der Waals surface area contributed by atoms with Crippen molar-refractivity contribution in [1.29, 1.82) is 0 Å². The van der Waals surface area contributed by atoms with Crippen molar-refractivity contribution in [3.05, 3.63) is 48.0 Å². The molecule has 1 fully saturated rings. The van der Waals surface area contributed by atoms with Gasteiger partial charge in [-0.15, -0.1) is 24.8 Å². The largest absolute Gasteiger partial charge is 0.456 e. The Morgan fingerprint density at radius 1 is 1.04 bits per heavy atom. The van der Waals surface area contributed by atoms with E-state index in [1.54, 1.807) is 0 Å². The van der Waals surface area contributed by atoms with Crippen molar-refractivity contribution in [2.24, 2.45) is 5.73 Å². The van der Waals surface area contributed by atoms with Gasteiger partial charge in [0.15, 0.2) is 0 Å². The molecule has 4 rings (SSSR count). The van der Waals surface area contributed by atoms with E-state index >= 15 is 0 Å². The molecule has 1 aromatic heterocycles. The summed E-state index contributed by atoms with van der Waals surface area (Å²) < 4.78 is 11.9. The Morgan fingerprint density at radius 2 is 1.84 bits per heavy atom. The fourth-order valence-electron chi connectivity index (χ4n) is 3.46. The molecule has 1 aliphatic rings. The Bertz CT molecular complexity index is 819. The minimum atomic E-state index is 0. The molecule has 0 radical (unpaired) electrons. The molecule has 3 aromatic rings. The van der Waals surface area contributed by atoms with Gasteiger partial charge in [0.25, 0.3) is 0 Å². The van der Waals surface area contributed by atoms with Crippen LogP contribution in [0.3, 0.4) is 0 Å². The molecule has 1 saturated heterocycles. The zero-order valence-electron chi connectivity index (χ0n) is 14.0. The van der Waals surface area contributed by atoms with Crippen molar-refractivity contribution < 1.29 is 9.15 Å². The van der Waals surface area contributed by atoms with Gasteiger partial charge in [0.1, 0.15) is 11.2 Å². The summed E-state index contributed by atoms with van der Waals surface area (Å²) in [7, 11) is 0. The van der Waals surface area contributed by atoms with Crippen LogP contribution in [0.15, 0.2) is 46.9 Å². The Labute approximate surface area is 160 Å². The summed E-state index contributed by atoms with van der Waals surface area (Å²) in [4.78, 5) is 2.44. The average molecular weight is 383 g/mol. The van der Waals surface area contributed by atoms with E-state index in [0.717, 1.165) is 43.8 Å². The van der Waals surface area contributed by atoms with Gasteiger partial charge in [0.05, 0.1) is 12.7 Å². The van der Waals surface area contributed by atoms with Gasteiger partial charge < -0.3 is 14.9 Å². The molecule has 2 aromatic carbocycles. The number of hydrogen-bond donors (Lipinski definition) is 1. The summed E-state index contributed by atoms with van der Waals surface area (Å²) in [5.74, 6) is 0. The SMILES string of the molecule is Cl.Cl.NCCC1CN(Cc2cccc3c2oc2ccccc23)CCO1. The maximum absolute atomic E-state index is 6.12. The number of fused-ring (bicyclic) bond motifs is 3. The number of halogens is 2. The van der Waals surface area contributed by atoms with Crippen LogP contribution in [0.2, 0.25) is 0 Å².